The number of aryl methyl sites for hydroxylation is 1. The van der Waals surface area contributed by atoms with Crippen molar-refractivity contribution in [1.29, 1.82) is 0 Å². The van der Waals surface area contributed by atoms with Gasteiger partial charge < -0.3 is 30.6 Å². The van der Waals surface area contributed by atoms with Gasteiger partial charge in [0, 0.05) is 24.2 Å². The van der Waals surface area contributed by atoms with Crippen LogP contribution in [0.4, 0.5) is 4.79 Å². The largest absolute Gasteiger partial charge is 0.453 e. The second kappa shape index (κ2) is 15.9. The molecule has 2 fully saturated rings. The number of aliphatic imine (C=N–C) groups is 1. The number of likely N-dealkylation sites (tertiary alicyclic amines) is 2. The number of nitrogens with two attached hydrogens (primary N) is 2. The number of H-pyrrole nitrogens is 1. The normalized spacial score (nSPS) is 19.8. The van der Waals surface area contributed by atoms with Crippen LogP contribution < -0.4 is 16.4 Å². The highest BCUT2D eigenvalue weighted by atomic mass is 16.5. The van der Waals surface area contributed by atoms with Gasteiger partial charge >= 0.3 is 6.09 Å². The minimum Gasteiger partial charge on any atom is -0.453 e. The lowest BCUT2D eigenvalue weighted by molar-refractivity contribution is -0.435. The highest BCUT2D eigenvalue weighted by Gasteiger charge is 2.43. The molecule has 6 N–H and O–H groups in total. The van der Waals surface area contributed by atoms with Gasteiger partial charge in [-0.15, -0.1) is 0 Å². The number of carbonyl (C=O) groups excluding carboxylic acids is 3. The maximum Gasteiger partial charge on any atom is 0.407 e. The van der Waals surface area contributed by atoms with Crippen molar-refractivity contribution in [3.63, 3.8) is 0 Å². The average molecular weight is 792 g/mol. The quantitative estimate of drug-likeness (QED) is 0.139. The molecule has 0 spiro atoms. The summed E-state index contributed by atoms with van der Waals surface area (Å²) in [6, 6.07) is 27.7. The van der Waals surface area contributed by atoms with Crippen LogP contribution >= 0.6 is 0 Å². The number of nitrogens with zero attached hydrogens (tertiary/aromatic N) is 4. The van der Waals surface area contributed by atoms with Crippen molar-refractivity contribution >= 4 is 40.2 Å². The van der Waals surface area contributed by atoms with Crippen molar-refractivity contribution in [2.24, 2.45) is 16.6 Å². The third-order valence-corrected chi connectivity index (χ3v) is 12.5. The van der Waals surface area contributed by atoms with Crippen LogP contribution in [0.15, 0.2) is 102 Å². The Hall–Kier alpha value is -6.11. The predicted molar refractivity (Wildman–Crippen MR) is 228 cm³/mol. The fourth-order valence-electron chi connectivity index (χ4n) is 9.33. The lowest BCUT2D eigenvalue weighted by Gasteiger charge is -2.29. The molecule has 3 amide bonds. The van der Waals surface area contributed by atoms with Crippen molar-refractivity contribution in [2.75, 3.05) is 20.2 Å². The first kappa shape index (κ1) is 38.4. The minimum atomic E-state index is -0.701. The summed E-state index contributed by atoms with van der Waals surface area (Å²) in [5.74, 6) is 1.47. The van der Waals surface area contributed by atoms with Crippen molar-refractivity contribution < 1.29 is 24.4 Å². The van der Waals surface area contributed by atoms with E-state index in [1.54, 1.807) is 0 Å². The summed E-state index contributed by atoms with van der Waals surface area (Å²) in [4.78, 5) is 56.4. The molecule has 9 rings (SSSR count). The Morgan fingerprint density at radius 2 is 1.53 bits per heavy atom. The van der Waals surface area contributed by atoms with E-state index in [0.717, 1.165) is 94.7 Å². The number of ether oxygens (including phenoxy) is 1. The zero-order chi connectivity index (χ0) is 40.8. The fraction of sp³-hybridized carbons (Fsp3) is 0.340. The highest BCUT2D eigenvalue weighted by Crippen LogP contribution is 2.37. The number of amidine groups is 1. The minimum absolute atomic E-state index is 0.0761. The van der Waals surface area contributed by atoms with Gasteiger partial charge in [0.15, 0.2) is 5.70 Å². The zero-order valence-corrected chi connectivity index (χ0v) is 33.8. The molecule has 59 heavy (non-hydrogen) atoms. The number of nitrogens with one attached hydrogen (secondary N) is 2. The maximum atomic E-state index is 13.7. The van der Waals surface area contributed by atoms with E-state index in [1.807, 2.05) is 60.2 Å². The molecule has 0 unspecified atom stereocenters. The fourth-order valence-corrected chi connectivity index (χ4v) is 9.33. The number of carbonyl (C=O) groups is 3. The molecular formula is C47H51N8O4+. The first-order valence-electron chi connectivity index (χ1n) is 20.8. The second-order valence-electron chi connectivity index (χ2n) is 16.5. The van der Waals surface area contributed by atoms with Gasteiger partial charge in [-0.3, -0.25) is 14.9 Å². The van der Waals surface area contributed by atoms with E-state index in [0.29, 0.717) is 13.1 Å². The second-order valence-corrected chi connectivity index (χ2v) is 16.5. The van der Waals surface area contributed by atoms with Crippen LogP contribution in [0.1, 0.15) is 80.6 Å². The zero-order valence-electron chi connectivity index (χ0n) is 33.8. The first-order valence-corrected chi connectivity index (χ1v) is 20.8. The van der Waals surface area contributed by atoms with E-state index < -0.39 is 18.2 Å². The standard InChI is InChI=1S/C47H50N8O4/c1-27(2)41(53-47(58)59-3)46(57)55-22-8-12-39(55)44-50-36-20-18-33-24-32(17-19-35(33)42(36)52-44)29-13-14-31-25-34(16-15-30(31)23-29)37-26-49-43(51-37)38-11-7-21-54(38)45(56)40(48)28-9-5-4-6-10-28/h4-6,9-10,13-17,19,23-27,38-41H,7-8,11-12,18,20-22,48H2,1-3H3,(H,49,51)(H,50,52)(H,53,58)/p+1/t38-,39-,40+,41-/m0/s1. The Kier molecular flexibility index (Phi) is 10.4. The molecule has 4 aliphatic rings. The summed E-state index contributed by atoms with van der Waals surface area (Å²) < 4.78 is 4.81. The van der Waals surface area contributed by atoms with Crippen molar-refractivity contribution in [3.8, 4) is 22.4 Å². The van der Waals surface area contributed by atoms with Crippen molar-refractivity contribution in [3.05, 3.63) is 119 Å². The Morgan fingerprint density at radius 1 is 0.847 bits per heavy atom. The van der Waals surface area contributed by atoms with Crippen LogP contribution in [0, 0.1) is 5.92 Å². The molecule has 4 atom stereocenters. The summed E-state index contributed by atoms with van der Waals surface area (Å²) in [6.45, 7) is 5.16. The Bertz CT molecular complexity index is 2510. The van der Waals surface area contributed by atoms with Gasteiger partial charge in [-0.25, -0.2) is 9.78 Å². The number of benzene rings is 4. The average Bonchev–Trinajstić information content (AvgIpc) is 4.11. The molecule has 0 bridgehead atoms. The molecule has 3 aliphatic heterocycles. The summed E-state index contributed by atoms with van der Waals surface area (Å²) in [5.41, 5.74) is 16.2. The molecule has 2 saturated heterocycles. The smallest absolute Gasteiger partial charge is 0.407 e. The molecule has 1 aromatic heterocycles. The number of fused-ring (bicyclic) bond motifs is 3. The number of quaternary nitrogens is 1. The lowest BCUT2D eigenvalue weighted by Crippen LogP contribution is -2.87. The molecule has 5 aromatic rings. The molecule has 4 heterocycles. The number of rotatable bonds is 9. The summed E-state index contributed by atoms with van der Waals surface area (Å²) >= 11 is 0. The maximum absolute atomic E-state index is 13.7. The van der Waals surface area contributed by atoms with Gasteiger partial charge in [0.05, 0.1) is 25.0 Å². The molecule has 0 radical (unpaired) electrons. The van der Waals surface area contributed by atoms with Gasteiger partial charge in [0.25, 0.3) is 0 Å². The molecule has 302 valence electrons. The topological polar surface area (TPSA) is 163 Å². The van der Waals surface area contributed by atoms with Crippen LogP contribution in [0.2, 0.25) is 0 Å². The third kappa shape index (κ3) is 7.31. The number of alkyl carbamates (subject to hydrolysis) is 1. The monoisotopic (exact) mass is 791 g/mol. The van der Waals surface area contributed by atoms with Gasteiger partial charge in [0.1, 0.15) is 29.6 Å². The summed E-state index contributed by atoms with van der Waals surface area (Å²) in [5, 5.41) is 7.21. The van der Waals surface area contributed by atoms with E-state index >= 15 is 0 Å². The molecule has 12 heteroatoms. The molecule has 12 nitrogen and oxygen atoms in total. The Labute approximate surface area is 343 Å². The van der Waals surface area contributed by atoms with Crippen LogP contribution in [0.5, 0.6) is 0 Å². The number of amides is 3. The van der Waals surface area contributed by atoms with Crippen LogP contribution in [-0.4, -0.2) is 75.8 Å². The molecule has 0 saturated carbocycles. The number of allylic oxidation sites excluding steroid dienone is 1. The van der Waals surface area contributed by atoms with Crippen molar-refractivity contribution in [1.82, 2.24) is 25.1 Å². The highest BCUT2D eigenvalue weighted by molar-refractivity contribution is 5.95. The van der Waals surface area contributed by atoms with E-state index in [1.165, 1.54) is 23.8 Å². The third-order valence-electron chi connectivity index (χ3n) is 12.5. The van der Waals surface area contributed by atoms with Gasteiger partial charge in [0.2, 0.25) is 17.6 Å². The van der Waals surface area contributed by atoms with E-state index in [4.69, 9.17) is 20.4 Å². The summed E-state index contributed by atoms with van der Waals surface area (Å²) in [6.07, 6.45) is 6.49. The number of aromatic nitrogens is 2. The first-order chi connectivity index (χ1) is 28.7. The van der Waals surface area contributed by atoms with E-state index in [2.05, 4.69) is 70.2 Å². The van der Waals surface area contributed by atoms with Crippen LogP contribution in [0.3, 0.4) is 0 Å². The molecule has 1 aliphatic carbocycles. The molecular weight excluding hydrogens is 741 g/mol. The van der Waals surface area contributed by atoms with Gasteiger partial charge in [-0.2, -0.15) is 4.99 Å². The van der Waals surface area contributed by atoms with Crippen molar-refractivity contribution in [2.45, 2.75) is 76.5 Å². The predicted octanol–water partition coefficient (Wildman–Crippen LogP) is 6.22. The Balaban J connectivity index is 0.882. The van der Waals surface area contributed by atoms with E-state index in [9.17, 15) is 14.4 Å². The number of hydrogen-bond acceptors (Lipinski definition) is 7. The van der Waals surface area contributed by atoms with Gasteiger partial charge in [-0.1, -0.05) is 80.6 Å². The number of hydrogen-bond donors (Lipinski definition) is 4. The van der Waals surface area contributed by atoms with Gasteiger partial charge in [-0.05, 0) is 95.7 Å². The van der Waals surface area contributed by atoms with E-state index in [-0.39, 0.29) is 29.8 Å². The molecule has 4 aromatic carbocycles. The SMILES string of the molecule is COC(=O)N[C@H](C(=O)N1CCC[C@H]1C1=NC2=C([NH2+]1)c1ccc(-c3ccc4cc(-c5cnc([C@@H]6CCCN6C(=O)[C@H](N)c6ccccc6)[nH]5)ccc4c3)cc1CC2)C(C)C. The number of aromatic amines is 1. The number of imidazole rings is 1. The lowest BCUT2D eigenvalue weighted by atomic mass is 9.89. The summed E-state index contributed by atoms with van der Waals surface area (Å²) in [7, 11) is 1.31. The van der Waals surface area contributed by atoms with Crippen LogP contribution in [0.25, 0.3) is 38.9 Å². The van der Waals surface area contributed by atoms with Crippen LogP contribution in [-0.2, 0) is 20.7 Å². The number of methoxy groups -OCH3 is 1. The Morgan fingerprint density at radius 3 is 2.27 bits per heavy atom.